The molecule has 0 unspecified atom stereocenters. The Hall–Kier alpha value is -1.32. The number of H-pyrrole nitrogens is 1. The summed E-state index contributed by atoms with van der Waals surface area (Å²) in [6.07, 6.45) is 0. The van der Waals surface area contributed by atoms with Crippen LogP contribution in [0.4, 0.5) is 0 Å². The van der Waals surface area contributed by atoms with Gasteiger partial charge in [0.1, 0.15) is 5.60 Å². The summed E-state index contributed by atoms with van der Waals surface area (Å²) in [4.78, 5) is 17.2. The van der Waals surface area contributed by atoms with Gasteiger partial charge >= 0.3 is 5.69 Å². The molecule has 1 aromatic heterocycles. The Morgan fingerprint density at radius 3 is 2.54 bits per heavy atom. The van der Waals surface area contributed by atoms with E-state index in [1.54, 1.807) is 13.0 Å². The molecule has 0 fully saturated rings. The zero-order valence-electron chi connectivity index (χ0n) is 8.34. The lowest BCUT2D eigenvalue weighted by molar-refractivity contribution is 0.123. The number of aryl methyl sites for hydroxylation is 1. The first kappa shape index (κ1) is 9.77. The van der Waals surface area contributed by atoms with E-state index in [-0.39, 0.29) is 11.3 Å². The maximum atomic E-state index is 11.0. The van der Waals surface area contributed by atoms with Crippen molar-refractivity contribution >= 4 is 0 Å². The Morgan fingerprint density at radius 1 is 1.46 bits per heavy atom. The van der Waals surface area contributed by atoms with E-state index in [9.17, 15) is 4.79 Å². The van der Waals surface area contributed by atoms with Crippen LogP contribution < -0.4 is 10.4 Å². The van der Waals surface area contributed by atoms with E-state index in [2.05, 4.69) is 9.97 Å². The molecule has 0 saturated heterocycles. The minimum Gasteiger partial charge on any atom is -0.472 e. The molecule has 1 aromatic rings. The maximum Gasteiger partial charge on any atom is 0.348 e. The van der Waals surface area contributed by atoms with E-state index in [1.165, 1.54) is 0 Å². The fraction of sp³-hybridized carbons (Fsp3) is 0.556. The lowest BCUT2D eigenvalue weighted by Crippen LogP contribution is -2.25. The Balaban J connectivity index is 2.96. The largest absolute Gasteiger partial charge is 0.472 e. The number of hydrogen-bond acceptors (Lipinski definition) is 3. The topological polar surface area (TPSA) is 55.0 Å². The van der Waals surface area contributed by atoms with Crippen molar-refractivity contribution < 1.29 is 4.74 Å². The number of hydrogen-bond donors (Lipinski definition) is 1. The van der Waals surface area contributed by atoms with Crippen molar-refractivity contribution in [2.75, 3.05) is 0 Å². The lowest BCUT2D eigenvalue weighted by atomic mass is 10.2. The van der Waals surface area contributed by atoms with Crippen LogP contribution in [-0.4, -0.2) is 15.6 Å². The van der Waals surface area contributed by atoms with Gasteiger partial charge in [-0.15, -0.1) is 0 Å². The molecule has 0 spiro atoms. The molecule has 1 heterocycles. The zero-order chi connectivity index (χ0) is 10.1. The number of nitrogens with one attached hydrogen (secondary N) is 1. The number of aromatic amines is 1. The van der Waals surface area contributed by atoms with Crippen LogP contribution in [-0.2, 0) is 0 Å². The quantitative estimate of drug-likeness (QED) is 0.711. The highest BCUT2D eigenvalue weighted by Crippen LogP contribution is 2.13. The molecule has 0 aromatic carbocycles. The monoisotopic (exact) mass is 182 g/mol. The number of aromatic nitrogens is 2. The highest BCUT2D eigenvalue weighted by molar-refractivity contribution is 5.12. The molecule has 0 saturated carbocycles. The number of ether oxygens (including phenoxy) is 1. The minimum atomic E-state index is -0.376. The summed E-state index contributed by atoms with van der Waals surface area (Å²) in [6.45, 7) is 7.51. The first-order chi connectivity index (χ1) is 5.87. The van der Waals surface area contributed by atoms with Crippen LogP contribution in [0.3, 0.4) is 0 Å². The summed E-state index contributed by atoms with van der Waals surface area (Å²) in [5, 5.41) is 0. The van der Waals surface area contributed by atoms with E-state index >= 15 is 0 Å². The SMILES string of the molecule is Cc1cc(OC(C)(C)C)nc(=O)[nH]1. The van der Waals surface area contributed by atoms with Crippen molar-refractivity contribution in [3.8, 4) is 5.88 Å². The fourth-order valence-corrected chi connectivity index (χ4v) is 0.916. The molecular formula is C9H14N2O2. The van der Waals surface area contributed by atoms with Gasteiger partial charge in [-0.2, -0.15) is 4.98 Å². The summed E-state index contributed by atoms with van der Waals surface area (Å²) in [5.41, 5.74) is 0.0475. The Kier molecular flexibility index (Phi) is 2.40. The van der Waals surface area contributed by atoms with Crippen molar-refractivity contribution in [2.45, 2.75) is 33.3 Å². The van der Waals surface area contributed by atoms with Gasteiger partial charge in [0.2, 0.25) is 5.88 Å². The molecule has 0 atom stereocenters. The molecular weight excluding hydrogens is 168 g/mol. The molecule has 4 heteroatoms. The summed E-state index contributed by atoms with van der Waals surface area (Å²) < 4.78 is 5.43. The first-order valence-corrected chi connectivity index (χ1v) is 4.14. The van der Waals surface area contributed by atoms with Crippen LogP contribution in [0.1, 0.15) is 26.5 Å². The molecule has 0 aliphatic rings. The van der Waals surface area contributed by atoms with Gasteiger partial charge in [0.25, 0.3) is 0 Å². The van der Waals surface area contributed by atoms with Gasteiger partial charge in [0.05, 0.1) is 0 Å². The van der Waals surface area contributed by atoms with Gasteiger partial charge in [-0.3, -0.25) is 0 Å². The van der Waals surface area contributed by atoms with Gasteiger partial charge in [-0.05, 0) is 27.7 Å². The van der Waals surface area contributed by atoms with Crippen molar-refractivity contribution in [3.63, 3.8) is 0 Å². The van der Waals surface area contributed by atoms with Crippen LogP contribution in [0.15, 0.2) is 10.9 Å². The maximum absolute atomic E-state index is 11.0. The van der Waals surface area contributed by atoms with Crippen molar-refractivity contribution in [2.24, 2.45) is 0 Å². The molecule has 13 heavy (non-hydrogen) atoms. The smallest absolute Gasteiger partial charge is 0.348 e. The molecule has 72 valence electrons. The van der Waals surface area contributed by atoms with E-state index in [0.717, 1.165) is 5.69 Å². The van der Waals surface area contributed by atoms with E-state index in [1.807, 2.05) is 20.8 Å². The van der Waals surface area contributed by atoms with Crippen LogP contribution in [0, 0.1) is 6.92 Å². The van der Waals surface area contributed by atoms with Crippen LogP contribution >= 0.6 is 0 Å². The van der Waals surface area contributed by atoms with Crippen molar-refractivity contribution in [1.29, 1.82) is 0 Å². The van der Waals surface area contributed by atoms with Crippen molar-refractivity contribution in [3.05, 3.63) is 22.2 Å². The molecule has 0 aliphatic heterocycles. The average Bonchev–Trinajstić information content (AvgIpc) is 1.78. The summed E-state index contributed by atoms with van der Waals surface area (Å²) in [5.74, 6) is 0.369. The summed E-state index contributed by atoms with van der Waals surface area (Å²) in [6, 6.07) is 1.70. The first-order valence-electron chi connectivity index (χ1n) is 4.14. The molecule has 4 nitrogen and oxygen atoms in total. The van der Waals surface area contributed by atoms with Crippen LogP contribution in [0.2, 0.25) is 0 Å². The van der Waals surface area contributed by atoms with Gasteiger partial charge in [-0.1, -0.05) is 0 Å². The fourth-order valence-electron chi connectivity index (χ4n) is 0.916. The number of nitrogens with zero attached hydrogens (tertiary/aromatic N) is 1. The predicted octanol–water partition coefficient (Wildman–Crippen LogP) is 1.26. The van der Waals surface area contributed by atoms with E-state index in [0.29, 0.717) is 5.88 Å². The Morgan fingerprint density at radius 2 is 2.08 bits per heavy atom. The summed E-state index contributed by atoms with van der Waals surface area (Å²) >= 11 is 0. The normalized spacial score (nSPS) is 11.4. The highest BCUT2D eigenvalue weighted by atomic mass is 16.5. The average molecular weight is 182 g/mol. The third-order valence-corrected chi connectivity index (χ3v) is 1.27. The minimum absolute atomic E-state index is 0.326. The lowest BCUT2D eigenvalue weighted by Gasteiger charge is -2.19. The van der Waals surface area contributed by atoms with Gasteiger partial charge < -0.3 is 9.72 Å². The zero-order valence-corrected chi connectivity index (χ0v) is 8.34. The molecule has 0 bridgehead atoms. The predicted molar refractivity (Wildman–Crippen MR) is 50.0 cm³/mol. The highest BCUT2D eigenvalue weighted by Gasteiger charge is 2.12. The second-order valence-corrected chi connectivity index (χ2v) is 3.92. The molecule has 0 aliphatic carbocycles. The third kappa shape index (κ3) is 3.27. The van der Waals surface area contributed by atoms with E-state index in [4.69, 9.17) is 4.74 Å². The van der Waals surface area contributed by atoms with Crippen LogP contribution in [0.5, 0.6) is 5.88 Å². The Bertz CT molecular complexity index is 349. The third-order valence-electron chi connectivity index (χ3n) is 1.27. The second-order valence-electron chi connectivity index (χ2n) is 3.92. The van der Waals surface area contributed by atoms with E-state index < -0.39 is 0 Å². The molecule has 0 amide bonds. The standard InChI is InChI=1S/C9H14N2O2/c1-6-5-7(11-8(12)10-6)13-9(2,3)4/h5H,1-4H3,(H,10,11,12). The molecule has 1 rings (SSSR count). The Labute approximate surface area is 77.0 Å². The van der Waals surface area contributed by atoms with Gasteiger partial charge in [-0.25, -0.2) is 4.79 Å². The van der Waals surface area contributed by atoms with Gasteiger partial charge in [0, 0.05) is 11.8 Å². The molecule has 0 radical (unpaired) electrons. The van der Waals surface area contributed by atoms with Crippen molar-refractivity contribution in [1.82, 2.24) is 9.97 Å². The number of rotatable bonds is 1. The van der Waals surface area contributed by atoms with Crippen LogP contribution in [0.25, 0.3) is 0 Å². The second kappa shape index (κ2) is 3.20. The van der Waals surface area contributed by atoms with Gasteiger partial charge in [0.15, 0.2) is 0 Å². The molecule has 1 N–H and O–H groups in total. The summed E-state index contributed by atoms with van der Waals surface area (Å²) in [7, 11) is 0.